The molecule has 8 nitrogen and oxygen atoms in total. The topological polar surface area (TPSA) is 108 Å². The Labute approximate surface area is 260 Å². The van der Waals surface area contributed by atoms with Gasteiger partial charge in [-0.05, 0) is 62.9 Å². The average molecular weight is 626 g/mol. The van der Waals surface area contributed by atoms with Gasteiger partial charge in [-0.25, -0.2) is 8.78 Å². The second-order valence-corrected chi connectivity index (χ2v) is 12.9. The van der Waals surface area contributed by atoms with Gasteiger partial charge >= 0.3 is 0 Å². The molecule has 0 aliphatic carbocycles. The fraction of sp³-hybridized carbons (Fsp3) is 0.364. The maximum atomic E-state index is 14.2. The first kappa shape index (κ1) is 32.9. The highest BCUT2D eigenvalue weighted by Gasteiger charge is 2.49. The molecule has 0 saturated carbocycles. The Balaban J connectivity index is 1.50. The Morgan fingerprint density at radius 2 is 1.61 bits per heavy atom. The lowest BCUT2D eigenvalue weighted by atomic mass is 9.97. The summed E-state index contributed by atoms with van der Waals surface area (Å²) in [5.74, 6) is -2.82. The number of nitrogens with zero attached hydrogens (tertiary/aromatic N) is 1. The predicted octanol–water partition coefficient (Wildman–Crippen LogP) is 4.05. The van der Waals surface area contributed by atoms with Crippen molar-refractivity contribution in [2.45, 2.75) is 63.6 Å². The van der Waals surface area contributed by atoms with Crippen LogP contribution in [0.2, 0.25) is 0 Å². The van der Waals surface area contributed by atoms with Gasteiger partial charge in [-0.1, -0.05) is 54.6 Å². The molecule has 0 radical (unpaired) electrons. The molecular weight excluding hydrogens is 588 g/mol. The first-order valence-corrected chi connectivity index (χ1v) is 15.2. The van der Waals surface area contributed by atoms with Crippen molar-refractivity contribution in [3.05, 3.63) is 101 Å². The number of halogens is 2. The number of hydrogen-bond acceptors (Lipinski definition) is 6. The highest BCUT2D eigenvalue weighted by atomic mass is 32.2. The largest absolute Gasteiger partial charge is 0.483 e. The number of nitrogens with one attached hydrogen (secondary N) is 2. The maximum absolute atomic E-state index is 14.2. The Kier molecular flexibility index (Phi) is 10.6. The van der Waals surface area contributed by atoms with Crippen LogP contribution in [0.4, 0.5) is 8.78 Å². The van der Waals surface area contributed by atoms with Crippen molar-refractivity contribution in [2.24, 2.45) is 0 Å². The van der Waals surface area contributed by atoms with Crippen LogP contribution in [0, 0.1) is 25.5 Å². The van der Waals surface area contributed by atoms with Crippen molar-refractivity contribution in [1.82, 2.24) is 15.5 Å². The zero-order chi connectivity index (χ0) is 32.0. The van der Waals surface area contributed by atoms with Gasteiger partial charge in [0.25, 0.3) is 11.8 Å². The molecule has 0 spiro atoms. The molecule has 3 atom stereocenters. The molecule has 4 rings (SSSR count). The minimum absolute atomic E-state index is 0.0940. The third-order valence-electron chi connectivity index (χ3n) is 7.61. The van der Waals surface area contributed by atoms with E-state index in [0.717, 1.165) is 28.8 Å². The Morgan fingerprint density at radius 3 is 2.25 bits per heavy atom. The van der Waals surface area contributed by atoms with Gasteiger partial charge < -0.3 is 25.4 Å². The number of thioether (sulfide) groups is 1. The van der Waals surface area contributed by atoms with Crippen LogP contribution in [0.3, 0.4) is 0 Å². The number of rotatable bonds is 11. The SMILES string of the molecule is Cc1cccc(C)c1OCC(=O)NC(Cc1ccccc1)C(O)C(=O)N1CSC(C)(C)C1C(=O)NCc1c(F)cccc1F. The number of carbonyl (C=O) groups excluding carboxylic acids is 3. The fourth-order valence-corrected chi connectivity index (χ4v) is 6.39. The van der Waals surface area contributed by atoms with E-state index in [0.29, 0.717) is 5.75 Å². The summed E-state index contributed by atoms with van der Waals surface area (Å²) in [4.78, 5) is 41.5. The summed E-state index contributed by atoms with van der Waals surface area (Å²) in [7, 11) is 0. The van der Waals surface area contributed by atoms with Gasteiger partial charge in [0.1, 0.15) is 23.4 Å². The number of carbonyl (C=O) groups is 3. The monoisotopic (exact) mass is 625 g/mol. The molecule has 0 bridgehead atoms. The molecule has 234 valence electrons. The summed E-state index contributed by atoms with van der Waals surface area (Å²) in [6.45, 7) is 6.55. The first-order chi connectivity index (χ1) is 20.9. The molecule has 3 amide bonds. The molecule has 3 unspecified atom stereocenters. The molecule has 1 saturated heterocycles. The van der Waals surface area contributed by atoms with Crippen molar-refractivity contribution in [1.29, 1.82) is 0 Å². The summed E-state index contributed by atoms with van der Waals surface area (Å²) in [5, 5.41) is 16.7. The molecule has 44 heavy (non-hydrogen) atoms. The molecular formula is C33H37F2N3O5S. The summed E-state index contributed by atoms with van der Waals surface area (Å²) >= 11 is 1.33. The van der Waals surface area contributed by atoms with Crippen LogP contribution in [0.15, 0.2) is 66.7 Å². The summed E-state index contributed by atoms with van der Waals surface area (Å²) in [5.41, 5.74) is 2.21. The summed E-state index contributed by atoms with van der Waals surface area (Å²) in [6, 6.07) is 16.1. The van der Waals surface area contributed by atoms with Crippen LogP contribution in [0.5, 0.6) is 5.75 Å². The minimum Gasteiger partial charge on any atom is -0.483 e. The normalized spacial score (nSPS) is 17.1. The van der Waals surface area contributed by atoms with Gasteiger partial charge in [0, 0.05) is 16.9 Å². The van der Waals surface area contributed by atoms with E-state index < -0.39 is 58.8 Å². The number of para-hydroxylation sites is 1. The van der Waals surface area contributed by atoms with E-state index >= 15 is 0 Å². The van der Waals surface area contributed by atoms with Crippen LogP contribution >= 0.6 is 11.8 Å². The lowest BCUT2D eigenvalue weighted by Gasteiger charge is -2.33. The van der Waals surface area contributed by atoms with Crippen molar-refractivity contribution < 1.29 is 33.0 Å². The van der Waals surface area contributed by atoms with Gasteiger partial charge in [-0.3, -0.25) is 14.4 Å². The fourth-order valence-electron chi connectivity index (χ4n) is 5.25. The molecule has 1 heterocycles. The van der Waals surface area contributed by atoms with Crippen molar-refractivity contribution in [3.63, 3.8) is 0 Å². The van der Waals surface area contributed by atoms with Crippen LogP contribution in [0.25, 0.3) is 0 Å². The molecule has 3 aromatic rings. The molecule has 3 aromatic carbocycles. The van der Waals surface area contributed by atoms with Gasteiger partial charge in [0.05, 0.1) is 11.9 Å². The molecule has 1 aliphatic heterocycles. The van der Waals surface area contributed by atoms with Gasteiger partial charge in [0.15, 0.2) is 12.7 Å². The molecule has 0 aromatic heterocycles. The van der Waals surface area contributed by atoms with Crippen molar-refractivity contribution in [2.75, 3.05) is 12.5 Å². The lowest BCUT2D eigenvalue weighted by molar-refractivity contribution is -0.148. The number of aliphatic hydroxyl groups excluding tert-OH is 1. The molecule has 1 fully saturated rings. The third-order valence-corrected chi connectivity index (χ3v) is 8.99. The number of aliphatic hydroxyl groups is 1. The number of benzene rings is 3. The molecule has 11 heteroatoms. The number of aryl methyl sites for hydroxylation is 2. The van der Waals surface area contributed by atoms with E-state index in [-0.39, 0.29) is 24.5 Å². The highest BCUT2D eigenvalue weighted by Crippen LogP contribution is 2.40. The van der Waals surface area contributed by atoms with Gasteiger partial charge in [-0.15, -0.1) is 11.8 Å². The van der Waals surface area contributed by atoms with Gasteiger partial charge in [-0.2, -0.15) is 0 Å². The van der Waals surface area contributed by atoms with Crippen LogP contribution in [-0.4, -0.2) is 63.1 Å². The zero-order valence-corrected chi connectivity index (χ0v) is 25.9. The first-order valence-electron chi connectivity index (χ1n) is 14.2. The minimum atomic E-state index is -1.70. The second kappa shape index (κ2) is 14.2. The lowest BCUT2D eigenvalue weighted by Crippen LogP contribution is -2.59. The second-order valence-electron chi connectivity index (χ2n) is 11.3. The summed E-state index contributed by atoms with van der Waals surface area (Å²) < 4.78 is 33.3. The van der Waals surface area contributed by atoms with Gasteiger partial charge in [0.2, 0.25) is 5.91 Å². The maximum Gasteiger partial charge on any atom is 0.258 e. The summed E-state index contributed by atoms with van der Waals surface area (Å²) in [6.07, 6.45) is -1.57. The van der Waals surface area contributed by atoms with E-state index in [1.165, 1.54) is 22.7 Å². The predicted molar refractivity (Wildman–Crippen MR) is 165 cm³/mol. The van der Waals surface area contributed by atoms with Crippen molar-refractivity contribution in [3.8, 4) is 5.75 Å². The van der Waals surface area contributed by atoms with E-state index in [1.807, 2.05) is 62.4 Å². The quantitative estimate of drug-likeness (QED) is 0.297. The third kappa shape index (κ3) is 7.75. The Morgan fingerprint density at radius 1 is 1.00 bits per heavy atom. The number of hydrogen-bond donors (Lipinski definition) is 3. The number of amides is 3. The highest BCUT2D eigenvalue weighted by molar-refractivity contribution is 8.00. The van der Waals surface area contributed by atoms with Crippen LogP contribution in [0.1, 0.15) is 36.1 Å². The van der Waals surface area contributed by atoms with Crippen LogP contribution < -0.4 is 15.4 Å². The van der Waals surface area contributed by atoms with Crippen LogP contribution in [-0.2, 0) is 27.3 Å². The number of ether oxygens (including phenoxy) is 1. The van der Waals surface area contributed by atoms with E-state index in [9.17, 15) is 28.3 Å². The smallest absolute Gasteiger partial charge is 0.258 e. The average Bonchev–Trinajstić information content (AvgIpc) is 3.30. The van der Waals surface area contributed by atoms with E-state index in [4.69, 9.17) is 4.74 Å². The Bertz CT molecular complexity index is 1460. The van der Waals surface area contributed by atoms with E-state index in [2.05, 4.69) is 10.6 Å². The molecule has 3 N–H and O–H groups in total. The Hall–Kier alpha value is -3.96. The standard InChI is InChI=1S/C33H37F2N3O5S/c1-20-10-8-11-21(2)29(20)43-18-27(39)37-26(16-22-12-6-5-7-13-22)28(40)32(42)38-19-44-33(3,4)30(38)31(41)36-17-23-24(34)14-9-15-25(23)35/h5-15,26,28,30,40H,16-19H2,1-4H3,(H,36,41)(H,37,39). The van der Waals surface area contributed by atoms with E-state index in [1.54, 1.807) is 13.8 Å². The zero-order valence-electron chi connectivity index (χ0n) is 25.1. The molecule has 1 aliphatic rings. The van der Waals surface area contributed by atoms with Crippen molar-refractivity contribution >= 4 is 29.5 Å².